The van der Waals surface area contributed by atoms with Gasteiger partial charge in [-0.05, 0) is 50.8 Å². The van der Waals surface area contributed by atoms with Crippen molar-refractivity contribution >= 4 is 17.2 Å². The van der Waals surface area contributed by atoms with Crippen molar-refractivity contribution in [2.45, 2.75) is 72.1 Å². The Hall–Kier alpha value is -1.88. The van der Waals surface area contributed by atoms with Crippen LogP contribution in [0.15, 0.2) is 29.6 Å². The molecule has 1 saturated carbocycles. The van der Waals surface area contributed by atoms with Gasteiger partial charge in [-0.25, -0.2) is 4.98 Å². The van der Waals surface area contributed by atoms with Gasteiger partial charge in [0.2, 0.25) is 5.91 Å². The molecule has 3 rings (SSSR count). The summed E-state index contributed by atoms with van der Waals surface area (Å²) in [6.07, 6.45) is 5.41. The number of carbonyl (C=O) groups is 1. The van der Waals surface area contributed by atoms with Crippen LogP contribution in [0.25, 0.3) is 0 Å². The molecule has 146 valence electrons. The molecule has 1 atom stereocenters. The first kappa shape index (κ1) is 19.9. The molecule has 0 aliphatic heterocycles. The topological polar surface area (TPSA) is 42.4 Å². The van der Waals surface area contributed by atoms with E-state index in [2.05, 4.69) is 32.2 Å². The summed E-state index contributed by atoms with van der Waals surface area (Å²) in [4.78, 5) is 19.7. The van der Waals surface area contributed by atoms with Crippen molar-refractivity contribution in [2.75, 3.05) is 0 Å². The average molecular weight is 387 g/mol. The third-order valence-corrected chi connectivity index (χ3v) is 6.27. The minimum absolute atomic E-state index is 0.210. The molecule has 0 unspecified atom stereocenters. The predicted octanol–water partition coefficient (Wildman–Crippen LogP) is 5.35. The van der Waals surface area contributed by atoms with Crippen LogP contribution in [0.3, 0.4) is 0 Å². The monoisotopic (exact) mass is 386 g/mol. The molecule has 0 saturated heterocycles. The highest BCUT2D eigenvalue weighted by Crippen LogP contribution is 2.28. The van der Waals surface area contributed by atoms with E-state index >= 15 is 0 Å². The molecule has 2 aromatic rings. The van der Waals surface area contributed by atoms with Crippen molar-refractivity contribution in [3.8, 4) is 5.75 Å². The summed E-state index contributed by atoms with van der Waals surface area (Å²) in [6, 6.07) is 8.29. The number of nitrogens with zero attached hydrogens (tertiary/aromatic N) is 2. The minimum atomic E-state index is 0.210. The Morgan fingerprint density at radius 3 is 2.85 bits per heavy atom. The number of carbonyl (C=O) groups excluding carboxylic acids is 1. The van der Waals surface area contributed by atoms with E-state index in [1.165, 1.54) is 18.4 Å². The first-order chi connectivity index (χ1) is 13.1. The number of benzene rings is 1. The number of hydrogen-bond acceptors (Lipinski definition) is 4. The summed E-state index contributed by atoms with van der Waals surface area (Å²) < 4.78 is 5.86. The quantitative estimate of drug-likeness (QED) is 0.614. The van der Waals surface area contributed by atoms with Gasteiger partial charge in [0.25, 0.3) is 0 Å². The zero-order valence-electron chi connectivity index (χ0n) is 16.6. The number of aryl methyl sites for hydroxylation is 1. The fourth-order valence-electron chi connectivity index (χ4n) is 3.59. The lowest BCUT2D eigenvalue weighted by molar-refractivity contribution is -0.138. The lowest BCUT2D eigenvalue weighted by Gasteiger charge is -2.30. The van der Waals surface area contributed by atoms with Gasteiger partial charge in [0.15, 0.2) is 0 Å². The standard InChI is InChI=1S/C22H30N2O2S/c1-4-17(3)24(22(25)18-9-5-6-10-18)13-19-15-27-21(23-19)14-26-20-11-7-8-16(2)12-20/h7-8,11-12,15,17-18H,4-6,9-10,13-14H2,1-3H3/t17-/m0/s1. The maximum absolute atomic E-state index is 13.0. The molecule has 1 aromatic carbocycles. The van der Waals surface area contributed by atoms with E-state index < -0.39 is 0 Å². The fraction of sp³-hybridized carbons (Fsp3) is 0.545. The molecule has 1 fully saturated rings. The third kappa shape index (κ3) is 5.32. The van der Waals surface area contributed by atoms with Crippen molar-refractivity contribution in [3.05, 3.63) is 45.9 Å². The van der Waals surface area contributed by atoms with Gasteiger partial charge in [0, 0.05) is 17.3 Å². The lowest BCUT2D eigenvalue weighted by Crippen LogP contribution is -2.41. The summed E-state index contributed by atoms with van der Waals surface area (Å²) in [5, 5.41) is 3.01. The van der Waals surface area contributed by atoms with Gasteiger partial charge in [-0.3, -0.25) is 4.79 Å². The summed E-state index contributed by atoms with van der Waals surface area (Å²) in [5.74, 6) is 1.39. The van der Waals surface area contributed by atoms with E-state index in [1.807, 2.05) is 23.1 Å². The summed E-state index contributed by atoms with van der Waals surface area (Å²) in [5.41, 5.74) is 2.15. The van der Waals surface area contributed by atoms with Gasteiger partial charge in [0.05, 0.1) is 12.2 Å². The number of rotatable bonds is 8. The lowest BCUT2D eigenvalue weighted by atomic mass is 10.0. The first-order valence-electron chi connectivity index (χ1n) is 10.00. The second kappa shape index (κ2) is 9.36. The number of hydrogen-bond donors (Lipinski definition) is 0. The number of ether oxygens (including phenoxy) is 1. The van der Waals surface area contributed by atoms with Crippen molar-refractivity contribution in [2.24, 2.45) is 5.92 Å². The normalized spacial score (nSPS) is 15.7. The van der Waals surface area contributed by atoms with Crippen LogP contribution in [0.1, 0.15) is 62.2 Å². The Bertz CT molecular complexity index is 752. The highest BCUT2D eigenvalue weighted by Gasteiger charge is 2.29. The van der Waals surface area contributed by atoms with Crippen LogP contribution in [-0.4, -0.2) is 21.8 Å². The Labute approximate surface area is 166 Å². The van der Waals surface area contributed by atoms with Gasteiger partial charge in [-0.15, -0.1) is 11.3 Å². The molecule has 0 spiro atoms. The van der Waals surface area contributed by atoms with Crippen LogP contribution < -0.4 is 4.74 Å². The summed E-state index contributed by atoms with van der Waals surface area (Å²) >= 11 is 1.60. The predicted molar refractivity (Wildman–Crippen MR) is 110 cm³/mol. The Kier molecular flexibility index (Phi) is 6.89. The molecule has 0 bridgehead atoms. The Balaban J connectivity index is 1.62. The molecule has 27 heavy (non-hydrogen) atoms. The zero-order valence-corrected chi connectivity index (χ0v) is 17.4. The summed E-state index contributed by atoms with van der Waals surface area (Å²) in [6.45, 7) is 7.40. The van der Waals surface area contributed by atoms with Crippen LogP contribution in [0.2, 0.25) is 0 Å². The Morgan fingerprint density at radius 1 is 1.37 bits per heavy atom. The van der Waals surface area contributed by atoms with Crippen LogP contribution >= 0.6 is 11.3 Å². The van der Waals surface area contributed by atoms with Crippen molar-refractivity contribution in [1.82, 2.24) is 9.88 Å². The third-order valence-electron chi connectivity index (χ3n) is 5.39. The van der Waals surface area contributed by atoms with E-state index in [-0.39, 0.29) is 12.0 Å². The number of thiazole rings is 1. The maximum Gasteiger partial charge on any atom is 0.226 e. The molecule has 0 radical (unpaired) electrons. The molecule has 4 nitrogen and oxygen atoms in total. The van der Waals surface area contributed by atoms with E-state index in [9.17, 15) is 4.79 Å². The second-order valence-electron chi connectivity index (χ2n) is 7.54. The number of amides is 1. The molecule has 1 amide bonds. The van der Waals surface area contributed by atoms with Crippen molar-refractivity contribution in [3.63, 3.8) is 0 Å². The highest BCUT2D eigenvalue weighted by molar-refractivity contribution is 7.09. The van der Waals surface area contributed by atoms with E-state index in [0.29, 0.717) is 19.1 Å². The van der Waals surface area contributed by atoms with Crippen LogP contribution in [0.4, 0.5) is 0 Å². The molecule has 1 aliphatic carbocycles. The zero-order chi connectivity index (χ0) is 19.2. The van der Waals surface area contributed by atoms with Gasteiger partial charge in [0.1, 0.15) is 17.4 Å². The van der Waals surface area contributed by atoms with Gasteiger partial charge in [-0.2, -0.15) is 0 Å². The van der Waals surface area contributed by atoms with Gasteiger partial charge >= 0.3 is 0 Å². The molecule has 5 heteroatoms. The van der Waals surface area contributed by atoms with Crippen LogP contribution in [0.5, 0.6) is 5.75 Å². The second-order valence-corrected chi connectivity index (χ2v) is 8.49. The maximum atomic E-state index is 13.0. The average Bonchev–Trinajstić information content (AvgIpc) is 3.35. The first-order valence-corrected chi connectivity index (χ1v) is 10.9. The largest absolute Gasteiger partial charge is 0.486 e. The molecule has 1 aliphatic rings. The Morgan fingerprint density at radius 2 is 2.15 bits per heavy atom. The SMILES string of the molecule is CC[C@H](C)N(Cc1csc(COc2cccc(C)c2)n1)C(=O)C1CCCC1. The molecular formula is C22H30N2O2S. The van der Waals surface area contributed by atoms with Gasteiger partial charge < -0.3 is 9.64 Å². The van der Waals surface area contributed by atoms with Crippen molar-refractivity contribution < 1.29 is 9.53 Å². The number of aromatic nitrogens is 1. The van der Waals surface area contributed by atoms with E-state index in [0.717, 1.165) is 35.7 Å². The van der Waals surface area contributed by atoms with Crippen molar-refractivity contribution in [1.29, 1.82) is 0 Å². The van der Waals surface area contributed by atoms with Gasteiger partial charge in [-0.1, -0.05) is 31.9 Å². The van der Waals surface area contributed by atoms with E-state index in [4.69, 9.17) is 9.72 Å². The molecular weight excluding hydrogens is 356 g/mol. The molecule has 0 N–H and O–H groups in total. The smallest absolute Gasteiger partial charge is 0.226 e. The summed E-state index contributed by atoms with van der Waals surface area (Å²) in [7, 11) is 0. The fourth-order valence-corrected chi connectivity index (χ4v) is 4.29. The van der Waals surface area contributed by atoms with E-state index in [1.54, 1.807) is 11.3 Å². The van der Waals surface area contributed by atoms with Crippen LogP contribution in [-0.2, 0) is 17.9 Å². The minimum Gasteiger partial charge on any atom is -0.486 e. The molecule has 1 heterocycles. The highest BCUT2D eigenvalue weighted by atomic mass is 32.1. The molecule has 1 aromatic heterocycles. The van der Waals surface area contributed by atoms with Crippen LogP contribution in [0, 0.1) is 12.8 Å².